The Morgan fingerprint density at radius 3 is 1.51 bits per heavy atom. The van der Waals surface area contributed by atoms with Crippen LogP contribution in [0.1, 0.15) is 242 Å². The summed E-state index contributed by atoms with van der Waals surface area (Å²) >= 11 is 0. The number of methoxy groups -OCH3 is 2. The minimum Gasteiger partial charge on any atom is -0.497 e. The van der Waals surface area contributed by atoms with Gasteiger partial charge in [-0.05, 0) is 144 Å². The Morgan fingerprint density at radius 2 is 1.02 bits per heavy atom. The third-order valence-electron chi connectivity index (χ3n) is 16.3. The van der Waals surface area contributed by atoms with Crippen LogP contribution in [0.5, 0.6) is 11.5 Å². The number of carbonyl (C=O) groups is 4. The van der Waals surface area contributed by atoms with Crippen molar-refractivity contribution in [1.82, 2.24) is 10.2 Å². The van der Waals surface area contributed by atoms with E-state index in [2.05, 4.69) is 67.8 Å². The Bertz CT molecular complexity index is 2290. The number of nitrogens with one attached hydrogen (secondary N) is 1. The van der Waals surface area contributed by atoms with E-state index in [-0.39, 0.29) is 50.5 Å². The summed E-state index contributed by atoms with van der Waals surface area (Å²) in [6.07, 6.45) is 49.8. The molecule has 3 aromatic carbocycles. The second-order valence-electron chi connectivity index (χ2n) is 23.3. The van der Waals surface area contributed by atoms with Gasteiger partial charge in [-0.2, -0.15) is 0 Å². The predicted octanol–water partition coefficient (Wildman–Crippen LogP) is 18.5. The van der Waals surface area contributed by atoms with Crippen molar-refractivity contribution in [1.29, 1.82) is 0 Å². The van der Waals surface area contributed by atoms with Crippen molar-refractivity contribution in [2.75, 3.05) is 33.9 Å². The topological polar surface area (TPSA) is 150 Å². The Hall–Kier alpha value is -6.14. The molecule has 0 bridgehead atoms. The maximum atomic E-state index is 14.3. The average molecular weight is 1190 g/mol. The number of hydrogen-bond acceptors (Lipinski definition) is 9. The number of hydrogen-bond donors (Lipinski definition) is 2. The van der Waals surface area contributed by atoms with E-state index in [1.165, 1.54) is 103 Å². The van der Waals surface area contributed by atoms with Gasteiger partial charge >= 0.3 is 18.0 Å². The summed E-state index contributed by atoms with van der Waals surface area (Å²) in [5.41, 5.74) is 1.42. The van der Waals surface area contributed by atoms with Crippen LogP contribution in [0.3, 0.4) is 0 Å². The minimum atomic E-state index is -1.13. The number of carbonyl (C=O) groups excluding carboxylic acids is 3. The molecule has 0 aromatic heterocycles. The van der Waals surface area contributed by atoms with Crippen LogP contribution >= 0.6 is 0 Å². The number of carboxylic acid groups (broad SMARTS) is 1. The van der Waals surface area contributed by atoms with Crippen LogP contribution < -0.4 is 14.8 Å². The minimum absolute atomic E-state index is 0.0923. The molecule has 86 heavy (non-hydrogen) atoms. The van der Waals surface area contributed by atoms with E-state index in [0.717, 1.165) is 80.9 Å². The lowest BCUT2D eigenvalue weighted by atomic mass is 9.80. The molecule has 0 spiro atoms. The molecule has 4 rings (SSSR count). The van der Waals surface area contributed by atoms with Crippen molar-refractivity contribution in [2.45, 2.75) is 250 Å². The monoisotopic (exact) mass is 1190 g/mol. The number of unbranched alkanes of at least 4 members (excludes halogenated alkanes) is 20. The van der Waals surface area contributed by atoms with Gasteiger partial charge in [-0.25, -0.2) is 4.79 Å². The molecule has 0 saturated carbocycles. The number of amides is 2. The van der Waals surface area contributed by atoms with Crippen molar-refractivity contribution >= 4 is 23.9 Å². The summed E-state index contributed by atoms with van der Waals surface area (Å²) < 4.78 is 30.2. The van der Waals surface area contributed by atoms with Gasteiger partial charge in [0.2, 0.25) is 5.91 Å². The van der Waals surface area contributed by atoms with Crippen molar-refractivity contribution < 1.29 is 48.0 Å². The fourth-order valence-electron chi connectivity index (χ4n) is 11.3. The molecule has 1 aliphatic rings. The number of carboxylic acids is 1. The second kappa shape index (κ2) is 46.1. The largest absolute Gasteiger partial charge is 0.497 e. The van der Waals surface area contributed by atoms with E-state index in [0.29, 0.717) is 43.7 Å². The van der Waals surface area contributed by atoms with Crippen molar-refractivity contribution in [3.8, 4) is 11.5 Å². The van der Waals surface area contributed by atoms with Crippen molar-refractivity contribution in [3.63, 3.8) is 0 Å². The highest BCUT2D eigenvalue weighted by atomic mass is 16.6. The Balaban J connectivity index is 1.29. The fraction of sp³-hybridized carbons (Fsp3) is 0.595. The van der Waals surface area contributed by atoms with E-state index in [1.54, 1.807) is 19.1 Å². The molecule has 0 unspecified atom stereocenters. The van der Waals surface area contributed by atoms with Gasteiger partial charge in [0, 0.05) is 19.4 Å². The lowest BCUT2D eigenvalue weighted by Crippen LogP contribution is -2.42. The van der Waals surface area contributed by atoms with E-state index in [4.69, 9.17) is 23.7 Å². The molecule has 1 fully saturated rings. The number of rotatable bonds is 49. The third-order valence-corrected chi connectivity index (χ3v) is 16.3. The van der Waals surface area contributed by atoms with Crippen LogP contribution in [0.25, 0.3) is 0 Å². The molecule has 2 atom stereocenters. The number of benzene rings is 3. The van der Waals surface area contributed by atoms with Gasteiger partial charge in [0.05, 0.1) is 46.3 Å². The SMILES string of the molecule is CCCCC/C=C\C/C=C\CCCCCCCCC(CCCCCCCC/C=C\C/C=C\CCCCC)OC(=O)NCCCCCC(=O)N1C[C@H](OC(=O)CCC(=O)O)C[C@H]1COC(c1ccccc1)(c1ccc(OC)cc1)c1ccc(OC)cc1. The fourth-order valence-corrected chi connectivity index (χ4v) is 11.3. The van der Waals surface area contributed by atoms with E-state index in [1.807, 2.05) is 78.9 Å². The summed E-state index contributed by atoms with van der Waals surface area (Å²) in [6.45, 7) is 5.20. The van der Waals surface area contributed by atoms with Gasteiger partial charge < -0.3 is 39.0 Å². The smallest absolute Gasteiger partial charge is 0.407 e. The summed E-state index contributed by atoms with van der Waals surface area (Å²) in [4.78, 5) is 53.5. The number of aliphatic carboxylic acids is 1. The molecule has 1 saturated heterocycles. The average Bonchev–Trinajstić information content (AvgIpc) is 2.69. The van der Waals surface area contributed by atoms with Crippen LogP contribution in [0.2, 0.25) is 0 Å². The van der Waals surface area contributed by atoms with Gasteiger partial charge in [0.1, 0.15) is 29.3 Å². The third kappa shape index (κ3) is 30.0. The van der Waals surface area contributed by atoms with Gasteiger partial charge in [0.15, 0.2) is 0 Å². The van der Waals surface area contributed by atoms with E-state index < -0.39 is 29.7 Å². The molecule has 1 aliphatic heterocycles. The van der Waals surface area contributed by atoms with Gasteiger partial charge in [-0.15, -0.1) is 0 Å². The maximum absolute atomic E-state index is 14.3. The number of alkyl carbamates (subject to hydrolysis) is 1. The summed E-state index contributed by atoms with van der Waals surface area (Å²) in [5, 5.41) is 12.3. The number of nitrogens with zero attached hydrogens (tertiary/aromatic N) is 1. The molecule has 0 radical (unpaired) electrons. The van der Waals surface area contributed by atoms with Crippen molar-refractivity contribution in [3.05, 3.63) is 144 Å². The van der Waals surface area contributed by atoms with Crippen LogP contribution in [-0.2, 0) is 34.2 Å². The molecular formula is C74H110N2O10. The molecule has 2 N–H and O–H groups in total. The Labute approximate surface area is 519 Å². The molecule has 476 valence electrons. The number of ether oxygens (including phenoxy) is 5. The van der Waals surface area contributed by atoms with E-state index >= 15 is 0 Å². The summed E-state index contributed by atoms with van der Waals surface area (Å²) in [7, 11) is 3.25. The quantitative estimate of drug-likeness (QED) is 0.0242. The van der Waals surface area contributed by atoms with Crippen LogP contribution in [0, 0.1) is 0 Å². The maximum Gasteiger partial charge on any atom is 0.407 e. The Kier molecular flexibility index (Phi) is 38.8. The van der Waals surface area contributed by atoms with Gasteiger partial charge in [0.25, 0.3) is 0 Å². The molecule has 1 heterocycles. The van der Waals surface area contributed by atoms with Crippen molar-refractivity contribution in [2.24, 2.45) is 0 Å². The highest BCUT2D eigenvalue weighted by molar-refractivity contribution is 5.78. The standard InChI is InChI=1S/C74H110N2O10/c1-5-7-9-11-13-15-17-19-21-23-25-27-29-31-33-39-45-68(46-40-34-32-30-28-26-24-22-20-18-16-14-12-10-8-6-2)86-73(81)75-58-42-36-41-47-70(77)76-60-69(85-72(80)57-56-71(78)79)59-65(76)61-84-74(62-43-37-35-38-44-62,63-48-52-66(82-3)53-49-63)64-50-54-67(83-4)55-51-64/h13-16,19-22,35,37-38,43-44,48-55,65,68-69H,5-12,17-18,23-34,36,39-42,45-47,56-61H2,1-4H3,(H,75,81)(H,78,79)/b15-13-,16-14-,21-19-,22-20-/t65-,69+/m0/s1. The zero-order chi connectivity index (χ0) is 61.6. The highest BCUT2D eigenvalue weighted by Crippen LogP contribution is 2.42. The first-order chi connectivity index (χ1) is 42.1. The zero-order valence-corrected chi connectivity index (χ0v) is 53.4. The normalized spacial score (nSPS) is 14.5. The number of likely N-dealkylation sites (tertiary alicyclic amines) is 1. The van der Waals surface area contributed by atoms with Crippen LogP contribution in [0.4, 0.5) is 4.79 Å². The van der Waals surface area contributed by atoms with Gasteiger partial charge in [-0.1, -0.05) is 201 Å². The predicted molar refractivity (Wildman–Crippen MR) is 350 cm³/mol. The van der Waals surface area contributed by atoms with E-state index in [9.17, 15) is 24.3 Å². The summed E-state index contributed by atoms with van der Waals surface area (Å²) in [6, 6.07) is 25.0. The lowest BCUT2D eigenvalue weighted by molar-refractivity contribution is -0.152. The molecular weight excluding hydrogens is 1080 g/mol. The molecule has 12 nitrogen and oxygen atoms in total. The molecule has 0 aliphatic carbocycles. The lowest BCUT2D eigenvalue weighted by Gasteiger charge is -2.38. The van der Waals surface area contributed by atoms with Crippen LogP contribution in [-0.4, -0.2) is 86.1 Å². The zero-order valence-electron chi connectivity index (χ0n) is 53.4. The first-order valence-corrected chi connectivity index (χ1v) is 33.4. The summed E-state index contributed by atoms with van der Waals surface area (Å²) in [5.74, 6) is -0.412. The van der Waals surface area contributed by atoms with Gasteiger partial charge in [-0.3, -0.25) is 14.4 Å². The first-order valence-electron chi connectivity index (χ1n) is 33.4. The number of allylic oxidation sites excluding steroid dienone is 8. The highest BCUT2D eigenvalue weighted by Gasteiger charge is 2.42. The Morgan fingerprint density at radius 1 is 0.558 bits per heavy atom. The number of esters is 1. The second-order valence-corrected chi connectivity index (χ2v) is 23.3. The first kappa shape index (κ1) is 72.3. The molecule has 12 heteroatoms. The molecule has 2 amide bonds. The van der Waals surface area contributed by atoms with Crippen LogP contribution in [0.15, 0.2) is 127 Å². The molecule has 3 aromatic rings.